The van der Waals surface area contributed by atoms with E-state index in [1.165, 1.54) is 18.5 Å². The maximum absolute atomic E-state index is 5.87. The summed E-state index contributed by atoms with van der Waals surface area (Å²) in [6.45, 7) is 5.61. The summed E-state index contributed by atoms with van der Waals surface area (Å²) >= 11 is 0. The van der Waals surface area contributed by atoms with Crippen molar-refractivity contribution in [2.45, 2.75) is 38.8 Å². The van der Waals surface area contributed by atoms with E-state index in [0.717, 1.165) is 31.7 Å². The number of pyridine rings is 1. The van der Waals surface area contributed by atoms with Crippen molar-refractivity contribution < 1.29 is 4.74 Å². The lowest BCUT2D eigenvalue weighted by Crippen LogP contribution is -2.40. The molecule has 1 aliphatic rings. The molecular formula is C14H23N3O. The molecule has 1 unspecified atom stereocenters. The number of anilines is 1. The molecule has 1 aromatic rings. The molecule has 100 valence electrons. The number of hydrogen-bond donors (Lipinski definition) is 1. The highest BCUT2D eigenvalue weighted by Gasteiger charge is 2.21. The minimum absolute atomic E-state index is 0.359. The van der Waals surface area contributed by atoms with Crippen LogP contribution >= 0.6 is 0 Å². The highest BCUT2D eigenvalue weighted by Crippen LogP contribution is 2.24. The van der Waals surface area contributed by atoms with Gasteiger partial charge >= 0.3 is 0 Å². The van der Waals surface area contributed by atoms with Gasteiger partial charge in [0.25, 0.3) is 0 Å². The van der Waals surface area contributed by atoms with E-state index < -0.39 is 0 Å². The van der Waals surface area contributed by atoms with Gasteiger partial charge in [-0.1, -0.05) is 6.92 Å². The molecule has 0 radical (unpaired) electrons. The second-order valence-electron chi connectivity index (χ2n) is 4.79. The number of nitrogens with two attached hydrogens (primary N) is 1. The molecule has 0 aromatic carbocycles. The lowest BCUT2D eigenvalue weighted by molar-refractivity contribution is 0.0440. The number of ether oxygens (including phenoxy) is 1. The van der Waals surface area contributed by atoms with Gasteiger partial charge in [-0.15, -0.1) is 0 Å². The second-order valence-corrected chi connectivity index (χ2v) is 4.79. The van der Waals surface area contributed by atoms with Crippen LogP contribution in [0.2, 0.25) is 0 Å². The first kappa shape index (κ1) is 13.3. The summed E-state index contributed by atoms with van der Waals surface area (Å²) in [4.78, 5) is 6.52. The lowest BCUT2D eigenvalue weighted by atomic mass is 10.1. The van der Waals surface area contributed by atoms with Gasteiger partial charge < -0.3 is 15.4 Å². The Morgan fingerprint density at radius 2 is 2.44 bits per heavy atom. The van der Waals surface area contributed by atoms with Gasteiger partial charge in [-0.3, -0.25) is 4.98 Å². The van der Waals surface area contributed by atoms with Crippen LogP contribution in [0.25, 0.3) is 0 Å². The monoisotopic (exact) mass is 249 g/mol. The molecule has 4 nitrogen and oxygen atoms in total. The highest BCUT2D eigenvalue weighted by atomic mass is 16.5. The molecule has 0 aliphatic carbocycles. The number of piperidine rings is 1. The first-order valence-electron chi connectivity index (χ1n) is 6.84. The predicted octanol–water partition coefficient (Wildman–Crippen LogP) is 1.94. The van der Waals surface area contributed by atoms with Crippen LogP contribution in [0.4, 0.5) is 5.69 Å². The molecular weight excluding hydrogens is 226 g/mol. The molecule has 0 saturated carbocycles. The van der Waals surface area contributed by atoms with Crippen LogP contribution in [0, 0.1) is 0 Å². The molecule has 18 heavy (non-hydrogen) atoms. The normalized spacial score (nSPS) is 20.1. The summed E-state index contributed by atoms with van der Waals surface area (Å²) in [6.07, 6.45) is 7.49. The fourth-order valence-corrected chi connectivity index (χ4v) is 2.46. The van der Waals surface area contributed by atoms with Crippen LogP contribution in [0.15, 0.2) is 18.5 Å². The van der Waals surface area contributed by atoms with E-state index in [1.807, 2.05) is 12.4 Å². The van der Waals surface area contributed by atoms with Crippen molar-refractivity contribution in [2.75, 3.05) is 24.6 Å². The third-order valence-electron chi connectivity index (χ3n) is 3.37. The Bertz CT molecular complexity index is 370. The van der Waals surface area contributed by atoms with E-state index >= 15 is 0 Å². The van der Waals surface area contributed by atoms with E-state index in [9.17, 15) is 0 Å². The Labute approximate surface area is 109 Å². The van der Waals surface area contributed by atoms with Gasteiger partial charge in [0.05, 0.1) is 6.10 Å². The van der Waals surface area contributed by atoms with Crippen molar-refractivity contribution in [3.63, 3.8) is 0 Å². The maximum atomic E-state index is 5.87. The van der Waals surface area contributed by atoms with Gasteiger partial charge in [-0.05, 0) is 25.3 Å². The maximum Gasteiger partial charge on any atom is 0.0750 e. The van der Waals surface area contributed by atoms with Crippen LogP contribution in [0.5, 0.6) is 0 Å². The van der Waals surface area contributed by atoms with Crippen molar-refractivity contribution in [3.8, 4) is 0 Å². The molecule has 1 saturated heterocycles. The van der Waals surface area contributed by atoms with Crippen LogP contribution in [0.1, 0.15) is 31.7 Å². The molecule has 0 amide bonds. The predicted molar refractivity (Wildman–Crippen MR) is 73.6 cm³/mol. The van der Waals surface area contributed by atoms with E-state index in [0.29, 0.717) is 12.6 Å². The van der Waals surface area contributed by atoms with Gasteiger partial charge in [-0.2, -0.15) is 0 Å². The Kier molecular flexibility index (Phi) is 4.96. The van der Waals surface area contributed by atoms with Crippen LogP contribution < -0.4 is 10.6 Å². The fraction of sp³-hybridized carbons (Fsp3) is 0.643. The smallest absolute Gasteiger partial charge is 0.0750 e. The zero-order valence-electron chi connectivity index (χ0n) is 11.1. The van der Waals surface area contributed by atoms with Gasteiger partial charge in [-0.25, -0.2) is 0 Å². The molecule has 2 rings (SSSR count). The summed E-state index contributed by atoms with van der Waals surface area (Å²) in [5.74, 6) is 0. The average Bonchev–Trinajstić information content (AvgIpc) is 2.45. The lowest BCUT2D eigenvalue weighted by Gasteiger charge is -2.35. The van der Waals surface area contributed by atoms with E-state index in [-0.39, 0.29) is 0 Å². The van der Waals surface area contributed by atoms with E-state index in [1.54, 1.807) is 0 Å². The summed E-state index contributed by atoms with van der Waals surface area (Å²) in [5.41, 5.74) is 8.11. The van der Waals surface area contributed by atoms with E-state index in [2.05, 4.69) is 22.9 Å². The molecule has 1 aromatic heterocycles. The third kappa shape index (κ3) is 3.21. The number of aromatic nitrogens is 1. The summed E-state index contributed by atoms with van der Waals surface area (Å²) < 4.78 is 5.87. The molecule has 1 atom stereocenters. The summed E-state index contributed by atoms with van der Waals surface area (Å²) in [5, 5.41) is 0. The Hall–Kier alpha value is -1.13. The molecule has 1 fully saturated rings. The molecule has 4 heteroatoms. The Morgan fingerprint density at radius 3 is 3.22 bits per heavy atom. The molecule has 0 bridgehead atoms. The summed E-state index contributed by atoms with van der Waals surface area (Å²) in [6, 6.07) is 2.06. The SMILES string of the molecule is CCCOC1CCCN(c2ccncc2CN)C1. The number of hydrogen-bond acceptors (Lipinski definition) is 4. The van der Waals surface area contributed by atoms with Crippen molar-refractivity contribution in [1.29, 1.82) is 0 Å². The minimum Gasteiger partial charge on any atom is -0.376 e. The first-order valence-corrected chi connectivity index (χ1v) is 6.84. The average molecular weight is 249 g/mol. The van der Waals surface area contributed by atoms with Crippen molar-refractivity contribution in [2.24, 2.45) is 5.73 Å². The zero-order chi connectivity index (χ0) is 12.8. The zero-order valence-corrected chi connectivity index (χ0v) is 11.1. The van der Waals surface area contributed by atoms with Crippen LogP contribution in [-0.2, 0) is 11.3 Å². The summed E-state index contributed by atoms with van der Waals surface area (Å²) in [7, 11) is 0. The third-order valence-corrected chi connectivity index (χ3v) is 3.37. The quantitative estimate of drug-likeness (QED) is 0.866. The van der Waals surface area contributed by atoms with Crippen LogP contribution in [-0.4, -0.2) is 30.8 Å². The van der Waals surface area contributed by atoms with Gasteiger partial charge in [0.1, 0.15) is 0 Å². The second kappa shape index (κ2) is 6.71. The van der Waals surface area contributed by atoms with Gasteiger partial charge in [0, 0.05) is 49.9 Å². The molecule has 2 heterocycles. The molecule has 1 aliphatic heterocycles. The highest BCUT2D eigenvalue weighted by molar-refractivity contribution is 5.52. The Balaban J connectivity index is 2.03. The number of rotatable bonds is 5. The Morgan fingerprint density at radius 1 is 1.56 bits per heavy atom. The first-order chi connectivity index (χ1) is 8.85. The largest absolute Gasteiger partial charge is 0.376 e. The molecule has 2 N–H and O–H groups in total. The minimum atomic E-state index is 0.359. The standard InChI is InChI=1S/C14H23N3O/c1-2-8-18-13-4-3-7-17(11-13)14-5-6-16-10-12(14)9-15/h5-6,10,13H,2-4,7-9,11,15H2,1H3. The van der Waals surface area contributed by atoms with E-state index in [4.69, 9.17) is 10.5 Å². The van der Waals surface area contributed by atoms with Crippen molar-refractivity contribution in [3.05, 3.63) is 24.0 Å². The fourth-order valence-electron chi connectivity index (χ4n) is 2.46. The molecule has 0 spiro atoms. The topological polar surface area (TPSA) is 51.4 Å². The van der Waals surface area contributed by atoms with Crippen LogP contribution in [0.3, 0.4) is 0 Å². The van der Waals surface area contributed by atoms with Gasteiger partial charge in [0.15, 0.2) is 0 Å². The van der Waals surface area contributed by atoms with Crippen molar-refractivity contribution in [1.82, 2.24) is 4.98 Å². The number of nitrogens with zero attached hydrogens (tertiary/aromatic N) is 2. The van der Waals surface area contributed by atoms with Crippen molar-refractivity contribution >= 4 is 5.69 Å². The van der Waals surface area contributed by atoms with Gasteiger partial charge in [0.2, 0.25) is 0 Å².